The van der Waals surface area contributed by atoms with Crippen LogP contribution in [0, 0.1) is 6.92 Å². The molecule has 1 heterocycles. The Balaban J connectivity index is 1.45. The van der Waals surface area contributed by atoms with Crippen molar-refractivity contribution in [3.8, 4) is 16.3 Å². The molecule has 2 aromatic carbocycles. The highest BCUT2D eigenvalue weighted by Crippen LogP contribution is 2.30. The van der Waals surface area contributed by atoms with Crippen LogP contribution < -0.4 is 10.1 Å². The first-order chi connectivity index (χ1) is 12.6. The first-order valence-electron chi connectivity index (χ1n) is 8.27. The Kier molecular flexibility index (Phi) is 6.26. The lowest BCUT2D eigenvalue weighted by Gasteiger charge is -2.07. The SMILES string of the molecule is Cc1ccc(OCCNC(=O)Cc2csc(-c3ccccc3Cl)n2)cc1. The fraction of sp³-hybridized carbons (Fsp3) is 0.200. The molecule has 0 spiro atoms. The van der Waals surface area contributed by atoms with Crippen LogP contribution in [0.4, 0.5) is 0 Å². The predicted octanol–water partition coefficient (Wildman–Crippen LogP) is 4.51. The molecule has 3 aromatic rings. The average molecular weight is 387 g/mol. The second-order valence-electron chi connectivity index (χ2n) is 5.81. The van der Waals surface area contributed by atoms with Gasteiger partial charge in [-0.25, -0.2) is 4.98 Å². The van der Waals surface area contributed by atoms with Crippen molar-refractivity contribution in [3.63, 3.8) is 0 Å². The molecule has 0 bridgehead atoms. The minimum Gasteiger partial charge on any atom is -0.492 e. The van der Waals surface area contributed by atoms with Gasteiger partial charge < -0.3 is 10.1 Å². The minimum absolute atomic E-state index is 0.0754. The number of hydrogen-bond acceptors (Lipinski definition) is 4. The van der Waals surface area contributed by atoms with Gasteiger partial charge in [-0.1, -0.05) is 47.5 Å². The highest BCUT2D eigenvalue weighted by atomic mass is 35.5. The molecule has 26 heavy (non-hydrogen) atoms. The molecule has 0 saturated heterocycles. The van der Waals surface area contributed by atoms with Crippen LogP contribution in [0.15, 0.2) is 53.9 Å². The number of aryl methyl sites for hydroxylation is 1. The number of hydrogen-bond donors (Lipinski definition) is 1. The molecule has 1 amide bonds. The molecule has 1 aromatic heterocycles. The summed E-state index contributed by atoms with van der Waals surface area (Å²) in [6.07, 6.45) is 0.242. The van der Waals surface area contributed by atoms with E-state index in [1.165, 1.54) is 16.9 Å². The normalized spacial score (nSPS) is 10.5. The number of aromatic nitrogens is 1. The van der Waals surface area contributed by atoms with Gasteiger partial charge in [0.1, 0.15) is 17.4 Å². The zero-order valence-corrected chi connectivity index (χ0v) is 15.9. The Labute approximate surface area is 161 Å². The molecular weight excluding hydrogens is 368 g/mol. The number of amides is 1. The second kappa shape index (κ2) is 8.83. The van der Waals surface area contributed by atoms with Crippen LogP contribution in [0.5, 0.6) is 5.75 Å². The molecule has 0 aliphatic rings. The molecule has 0 radical (unpaired) electrons. The maximum Gasteiger partial charge on any atom is 0.226 e. The summed E-state index contributed by atoms with van der Waals surface area (Å²) in [5.41, 5.74) is 2.81. The van der Waals surface area contributed by atoms with Crippen molar-refractivity contribution in [1.29, 1.82) is 0 Å². The van der Waals surface area contributed by atoms with Gasteiger partial charge in [-0.15, -0.1) is 11.3 Å². The molecule has 3 rings (SSSR count). The van der Waals surface area contributed by atoms with Gasteiger partial charge in [0.2, 0.25) is 5.91 Å². The summed E-state index contributed by atoms with van der Waals surface area (Å²) >= 11 is 7.68. The van der Waals surface area contributed by atoms with E-state index in [0.717, 1.165) is 22.0 Å². The maximum absolute atomic E-state index is 12.1. The number of nitrogens with zero attached hydrogens (tertiary/aromatic N) is 1. The van der Waals surface area contributed by atoms with Gasteiger partial charge in [-0.2, -0.15) is 0 Å². The molecular formula is C20H19ClN2O2S. The maximum atomic E-state index is 12.1. The van der Waals surface area contributed by atoms with Crippen molar-refractivity contribution in [1.82, 2.24) is 10.3 Å². The number of benzene rings is 2. The Morgan fingerprint density at radius 1 is 1.19 bits per heavy atom. The Bertz CT molecular complexity index is 878. The Morgan fingerprint density at radius 3 is 2.73 bits per heavy atom. The molecule has 6 heteroatoms. The number of halogens is 1. The summed E-state index contributed by atoms with van der Waals surface area (Å²) in [5, 5.41) is 6.22. The van der Waals surface area contributed by atoms with Crippen molar-refractivity contribution in [3.05, 3.63) is 70.2 Å². The Hall–Kier alpha value is -2.37. The van der Waals surface area contributed by atoms with Crippen LogP contribution in [0.25, 0.3) is 10.6 Å². The summed E-state index contributed by atoms with van der Waals surface area (Å²) in [5.74, 6) is 0.724. The fourth-order valence-electron chi connectivity index (χ4n) is 2.37. The predicted molar refractivity (Wildman–Crippen MR) is 106 cm³/mol. The fourth-order valence-corrected chi connectivity index (χ4v) is 3.51. The standard InChI is InChI=1S/C20H19ClN2O2S/c1-14-6-8-16(9-7-14)25-11-10-22-19(24)12-15-13-26-20(23-15)17-4-2-3-5-18(17)21/h2-9,13H,10-12H2,1H3,(H,22,24). The smallest absolute Gasteiger partial charge is 0.226 e. The minimum atomic E-state index is -0.0754. The third kappa shape index (κ3) is 5.07. The quantitative estimate of drug-likeness (QED) is 0.608. The van der Waals surface area contributed by atoms with E-state index >= 15 is 0 Å². The van der Waals surface area contributed by atoms with Gasteiger partial charge in [0.25, 0.3) is 0 Å². The van der Waals surface area contributed by atoms with E-state index in [2.05, 4.69) is 10.3 Å². The second-order valence-corrected chi connectivity index (χ2v) is 7.08. The molecule has 0 unspecified atom stereocenters. The highest BCUT2D eigenvalue weighted by molar-refractivity contribution is 7.13. The number of thiazole rings is 1. The Morgan fingerprint density at radius 2 is 1.96 bits per heavy atom. The van der Waals surface area contributed by atoms with Crippen molar-refractivity contribution in [2.75, 3.05) is 13.2 Å². The zero-order valence-electron chi connectivity index (χ0n) is 14.4. The van der Waals surface area contributed by atoms with E-state index < -0.39 is 0 Å². The molecule has 0 fully saturated rings. The van der Waals surface area contributed by atoms with Gasteiger partial charge >= 0.3 is 0 Å². The highest BCUT2D eigenvalue weighted by Gasteiger charge is 2.10. The number of carbonyl (C=O) groups excluding carboxylic acids is 1. The first-order valence-corrected chi connectivity index (χ1v) is 9.53. The summed E-state index contributed by atoms with van der Waals surface area (Å²) in [7, 11) is 0. The van der Waals surface area contributed by atoms with Gasteiger partial charge in [0, 0.05) is 10.9 Å². The number of nitrogens with one attached hydrogen (secondary N) is 1. The van der Waals surface area contributed by atoms with Crippen LogP contribution in [-0.2, 0) is 11.2 Å². The van der Waals surface area contributed by atoms with Crippen LogP contribution >= 0.6 is 22.9 Å². The van der Waals surface area contributed by atoms with E-state index in [-0.39, 0.29) is 12.3 Å². The topological polar surface area (TPSA) is 51.2 Å². The summed E-state index contributed by atoms with van der Waals surface area (Å²) in [4.78, 5) is 16.6. The summed E-state index contributed by atoms with van der Waals surface area (Å²) < 4.78 is 5.59. The molecule has 1 N–H and O–H groups in total. The van der Waals surface area contributed by atoms with Gasteiger partial charge in [-0.3, -0.25) is 4.79 Å². The van der Waals surface area contributed by atoms with E-state index in [0.29, 0.717) is 18.2 Å². The monoisotopic (exact) mass is 386 g/mol. The molecule has 0 atom stereocenters. The molecule has 4 nitrogen and oxygen atoms in total. The summed E-state index contributed by atoms with van der Waals surface area (Å²) in [6, 6.07) is 15.4. The molecule has 0 aliphatic heterocycles. The average Bonchev–Trinajstić information content (AvgIpc) is 3.09. The lowest BCUT2D eigenvalue weighted by atomic mass is 10.2. The van der Waals surface area contributed by atoms with E-state index in [9.17, 15) is 4.79 Å². The van der Waals surface area contributed by atoms with Crippen LogP contribution in [0.1, 0.15) is 11.3 Å². The van der Waals surface area contributed by atoms with E-state index in [1.807, 2.05) is 60.8 Å². The van der Waals surface area contributed by atoms with Gasteiger partial charge in [0.05, 0.1) is 23.7 Å². The third-order valence-corrected chi connectivity index (χ3v) is 4.97. The number of rotatable bonds is 7. The van der Waals surface area contributed by atoms with Crippen molar-refractivity contribution in [2.24, 2.45) is 0 Å². The summed E-state index contributed by atoms with van der Waals surface area (Å²) in [6.45, 7) is 2.91. The van der Waals surface area contributed by atoms with Crippen LogP contribution in [-0.4, -0.2) is 24.0 Å². The molecule has 0 aliphatic carbocycles. The largest absolute Gasteiger partial charge is 0.492 e. The number of ether oxygens (including phenoxy) is 1. The van der Waals surface area contributed by atoms with Gasteiger partial charge in [-0.05, 0) is 25.1 Å². The lowest BCUT2D eigenvalue weighted by molar-refractivity contribution is -0.120. The van der Waals surface area contributed by atoms with Gasteiger partial charge in [0.15, 0.2) is 0 Å². The third-order valence-electron chi connectivity index (χ3n) is 3.71. The van der Waals surface area contributed by atoms with Crippen LogP contribution in [0.3, 0.4) is 0 Å². The van der Waals surface area contributed by atoms with Crippen molar-refractivity contribution >= 4 is 28.8 Å². The lowest BCUT2D eigenvalue weighted by Crippen LogP contribution is -2.29. The molecule has 134 valence electrons. The number of carbonyl (C=O) groups is 1. The van der Waals surface area contributed by atoms with Crippen molar-refractivity contribution < 1.29 is 9.53 Å². The van der Waals surface area contributed by atoms with E-state index in [1.54, 1.807) is 0 Å². The van der Waals surface area contributed by atoms with Crippen LogP contribution in [0.2, 0.25) is 5.02 Å². The van der Waals surface area contributed by atoms with Crippen molar-refractivity contribution in [2.45, 2.75) is 13.3 Å². The molecule has 0 saturated carbocycles. The zero-order chi connectivity index (χ0) is 18.4. The first kappa shape index (κ1) is 18.4. The van der Waals surface area contributed by atoms with E-state index in [4.69, 9.17) is 16.3 Å².